The van der Waals surface area contributed by atoms with Crippen molar-refractivity contribution in [2.75, 3.05) is 0 Å². The zero-order valence-electron chi connectivity index (χ0n) is 6.14. The number of hydrogen-bond acceptors (Lipinski definition) is 3. The summed E-state index contributed by atoms with van der Waals surface area (Å²) in [7, 11) is -1.82. The van der Waals surface area contributed by atoms with Crippen molar-refractivity contribution in [3.05, 3.63) is 35.6 Å². The lowest BCUT2D eigenvalue weighted by molar-refractivity contribution is -0.0897. The molecule has 2 rings (SSSR count). The first-order valence-corrected chi connectivity index (χ1v) is 4.69. The van der Waals surface area contributed by atoms with Gasteiger partial charge in [0.1, 0.15) is 0 Å². The summed E-state index contributed by atoms with van der Waals surface area (Å²) in [5, 5.41) is 0. The minimum atomic E-state index is -1.82. The maximum Gasteiger partial charge on any atom is 0.584 e. The molecule has 1 atom stereocenters. The van der Waals surface area contributed by atoms with Gasteiger partial charge in [0.25, 0.3) is 0 Å². The second kappa shape index (κ2) is 3.05. The predicted molar refractivity (Wildman–Crippen MR) is 44.8 cm³/mol. The zero-order valence-corrected chi connectivity index (χ0v) is 7.03. The molecule has 0 aliphatic carbocycles. The molecular formula is C8H6O3P+. The minimum absolute atomic E-state index is 0.592. The van der Waals surface area contributed by atoms with Gasteiger partial charge in [0.2, 0.25) is 0 Å². The van der Waals surface area contributed by atoms with E-state index < -0.39 is 8.03 Å². The van der Waals surface area contributed by atoms with E-state index in [2.05, 4.69) is 4.67 Å². The van der Waals surface area contributed by atoms with Crippen molar-refractivity contribution in [1.29, 1.82) is 0 Å². The van der Waals surface area contributed by atoms with Crippen LogP contribution in [0.3, 0.4) is 0 Å². The highest BCUT2D eigenvalue weighted by molar-refractivity contribution is 7.42. The zero-order chi connectivity index (χ0) is 8.39. The monoisotopic (exact) mass is 181 g/mol. The van der Waals surface area contributed by atoms with Crippen LogP contribution in [0.1, 0.15) is 5.56 Å². The summed E-state index contributed by atoms with van der Waals surface area (Å²) in [4.78, 5) is 4.81. The Bertz CT molecular complexity index is 346. The first kappa shape index (κ1) is 7.47. The third kappa shape index (κ3) is 1.37. The Morgan fingerprint density at radius 1 is 1.25 bits per heavy atom. The molecule has 0 N–H and O–H groups in total. The average molecular weight is 181 g/mol. The lowest BCUT2D eigenvalue weighted by atomic mass is 10.2. The Labute approximate surface area is 70.4 Å². The summed E-state index contributed by atoms with van der Waals surface area (Å²) < 4.78 is 15.4. The number of hydrogen-bond donors (Lipinski definition) is 0. The highest BCUT2D eigenvalue weighted by Gasteiger charge is 2.20. The number of benzene rings is 1. The van der Waals surface area contributed by atoms with Crippen LogP contribution in [-0.4, -0.2) is 0 Å². The van der Waals surface area contributed by atoms with E-state index >= 15 is 0 Å². The Balaban J connectivity index is 2.45. The molecule has 0 amide bonds. The SMILES string of the molecule is O=[P+]1C=Cc2ccccc2OO1. The van der Waals surface area contributed by atoms with Gasteiger partial charge in [-0.3, -0.25) is 4.89 Å². The quantitative estimate of drug-likeness (QED) is 0.456. The molecule has 12 heavy (non-hydrogen) atoms. The van der Waals surface area contributed by atoms with E-state index in [9.17, 15) is 4.57 Å². The van der Waals surface area contributed by atoms with E-state index in [4.69, 9.17) is 4.89 Å². The summed E-state index contributed by atoms with van der Waals surface area (Å²) in [6, 6.07) is 7.33. The van der Waals surface area contributed by atoms with Gasteiger partial charge in [0, 0.05) is 5.56 Å². The van der Waals surface area contributed by atoms with Crippen LogP contribution in [0.4, 0.5) is 0 Å². The summed E-state index contributed by atoms with van der Waals surface area (Å²) in [6.07, 6.45) is 1.72. The van der Waals surface area contributed by atoms with Crippen molar-refractivity contribution in [3.63, 3.8) is 0 Å². The number of fused-ring (bicyclic) bond motifs is 1. The van der Waals surface area contributed by atoms with Gasteiger partial charge >= 0.3 is 8.03 Å². The van der Waals surface area contributed by atoms with Gasteiger partial charge in [0.05, 0.1) is 4.67 Å². The van der Waals surface area contributed by atoms with Gasteiger partial charge in [-0.1, -0.05) is 18.2 Å². The summed E-state index contributed by atoms with van der Waals surface area (Å²) in [6.45, 7) is 0. The Hall–Kier alpha value is -1.18. The van der Waals surface area contributed by atoms with Crippen molar-refractivity contribution in [2.24, 2.45) is 0 Å². The molecule has 60 valence electrons. The van der Waals surface area contributed by atoms with Gasteiger partial charge in [-0.2, -0.15) is 0 Å². The van der Waals surface area contributed by atoms with Crippen molar-refractivity contribution < 1.29 is 14.1 Å². The fourth-order valence-corrected chi connectivity index (χ4v) is 1.42. The van der Waals surface area contributed by atoms with Crippen LogP contribution in [-0.2, 0) is 9.24 Å². The van der Waals surface area contributed by atoms with Crippen LogP contribution in [0.25, 0.3) is 6.08 Å². The minimum Gasteiger partial charge on any atom is -0.292 e. The maximum atomic E-state index is 10.9. The van der Waals surface area contributed by atoms with Crippen molar-refractivity contribution in [3.8, 4) is 5.75 Å². The highest BCUT2D eigenvalue weighted by Crippen LogP contribution is 2.33. The molecule has 1 aromatic carbocycles. The van der Waals surface area contributed by atoms with Crippen LogP contribution < -0.4 is 4.89 Å². The third-order valence-electron chi connectivity index (χ3n) is 1.50. The van der Waals surface area contributed by atoms with E-state index in [0.717, 1.165) is 5.56 Å². The Morgan fingerprint density at radius 3 is 3.00 bits per heavy atom. The van der Waals surface area contributed by atoms with Crippen molar-refractivity contribution in [2.45, 2.75) is 0 Å². The van der Waals surface area contributed by atoms with Crippen LogP contribution in [0, 0.1) is 0 Å². The first-order valence-electron chi connectivity index (χ1n) is 3.44. The number of rotatable bonds is 0. The van der Waals surface area contributed by atoms with E-state index in [1.54, 1.807) is 12.1 Å². The number of para-hydroxylation sites is 1. The van der Waals surface area contributed by atoms with Crippen LogP contribution in [0.5, 0.6) is 5.75 Å². The lowest BCUT2D eigenvalue weighted by Gasteiger charge is -1.96. The molecule has 4 heteroatoms. The van der Waals surface area contributed by atoms with E-state index in [-0.39, 0.29) is 0 Å². The van der Waals surface area contributed by atoms with Crippen LogP contribution in [0.15, 0.2) is 30.1 Å². The second-order valence-corrected chi connectivity index (χ2v) is 3.31. The molecule has 0 fully saturated rings. The molecule has 1 unspecified atom stereocenters. The first-order chi connectivity index (χ1) is 5.86. The Morgan fingerprint density at radius 2 is 2.08 bits per heavy atom. The largest absolute Gasteiger partial charge is 0.584 e. The van der Waals surface area contributed by atoms with Gasteiger partial charge in [-0.25, -0.2) is 0 Å². The smallest absolute Gasteiger partial charge is 0.292 e. The van der Waals surface area contributed by atoms with E-state index in [0.29, 0.717) is 5.75 Å². The van der Waals surface area contributed by atoms with Crippen molar-refractivity contribution >= 4 is 14.1 Å². The van der Waals surface area contributed by atoms with Gasteiger partial charge in [-0.05, 0) is 16.7 Å². The molecule has 0 saturated carbocycles. The van der Waals surface area contributed by atoms with E-state index in [1.807, 2.05) is 18.2 Å². The predicted octanol–water partition coefficient (Wildman–Crippen LogP) is 2.72. The third-order valence-corrected chi connectivity index (χ3v) is 2.11. The summed E-state index contributed by atoms with van der Waals surface area (Å²) in [5.41, 5.74) is 0.873. The fraction of sp³-hybridized carbons (Fsp3) is 0. The summed E-state index contributed by atoms with van der Waals surface area (Å²) in [5.74, 6) is 2.07. The normalized spacial score (nSPS) is 17.8. The van der Waals surface area contributed by atoms with Gasteiger partial charge in [0.15, 0.2) is 11.6 Å². The Kier molecular flexibility index (Phi) is 1.90. The van der Waals surface area contributed by atoms with Gasteiger partial charge in [-0.15, -0.1) is 0 Å². The summed E-state index contributed by atoms with van der Waals surface area (Å²) >= 11 is 0. The van der Waals surface area contributed by atoms with E-state index in [1.165, 1.54) is 5.82 Å². The molecule has 0 saturated heterocycles. The molecular weight excluding hydrogens is 175 g/mol. The maximum absolute atomic E-state index is 10.9. The highest BCUT2D eigenvalue weighted by atomic mass is 31.1. The molecule has 1 aromatic rings. The molecule has 0 radical (unpaired) electrons. The fourth-order valence-electron chi connectivity index (χ4n) is 0.937. The lowest BCUT2D eigenvalue weighted by Crippen LogP contribution is -1.88. The van der Waals surface area contributed by atoms with Gasteiger partial charge < -0.3 is 0 Å². The van der Waals surface area contributed by atoms with Crippen LogP contribution >= 0.6 is 8.03 Å². The molecule has 1 aliphatic rings. The molecule has 0 aromatic heterocycles. The molecule has 1 heterocycles. The second-order valence-electron chi connectivity index (χ2n) is 2.30. The average Bonchev–Trinajstić information content (AvgIpc) is 2.29. The molecule has 1 aliphatic heterocycles. The van der Waals surface area contributed by atoms with Crippen LogP contribution in [0.2, 0.25) is 0 Å². The molecule has 3 nitrogen and oxygen atoms in total. The standard InChI is InChI=1S/C8H6O3P/c9-12-6-5-7-3-1-2-4-8(7)10-11-12/h1-6H/q+1. The topological polar surface area (TPSA) is 35.5 Å². The van der Waals surface area contributed by atoms with Crippen molar-refractivity contribution in [1.82, 2.24) is 0 Å². The molecule has 0 bridgehead atoms. The molecule has 0 spiro atoms.